The van der Waals surface area contributed by atoms with E-state index in [2.05, 4.69) is 17.1 Å². The molecule has 318 valence electrons. The van der Waals surface area contributed by atoms with E-state index in [0.717, 1.165) is 22.3 Å². The van der Waals surface area contributed by atoms with E-state index in [1.807, 2.05) is 88.3 Å². The van der Waals surface area contributed by atoms with Gasteiger partial charge in [-0.25, -0.2) is 4.99 Å². The lowest BCUT2D eigenvalue weighted by molar-refractivity contribution is -0.296. The lowest BCUT2D eigenvalue weighted by Gasteiger charge is -2.47. The molecule has 2 aromatic carbocycles. The molecule has 3 fully saturated rings. The SMILES string of the molecule is CC[C@@H]1OC(=O)[C@H](C)C(=O)[C@H](C)[C@@H](O[C@@H]2O[C@H](C)C[C@H](N(C)C)[C@H]2O)[C@@]2(C)C[C@@H](C)C(=NC(C)=O)C[C@H](OC/C(=C\c3ccc(-c4ccccc4)cc3)CO2)[C@]1(C)O. The van der Waals surface area contributed by atoms with E-state index in [1.165, 1.54) is 13.8 Å². The summed E-state index contributed by atoms with van der Waals surface area (Å²) >= 11 is 0. The zero-order chi connectivity index (χ0) is 42.5. The number of esters is 1. The molecule has 2 N–H and O–H groups in total. The van der Waals surface area contributed by atoms with Gasteiger partial charge in [0.2, 0.25) is 5.91 Å². The molecule has 5 rings (SSSR count). The predicted molar refractivity (Wildman–Crippen MR) is 222 cm³/mol. The van der Waals surface area contributed by atoms with Crippen molar-refractivity contribution in [3.8, 4) is 11.1 Å². The van der Waals surface area contributed by atoms with Crippen molar-refractivity contribution < 1.29 is 48.3 Å². The lowest BCUT2D eigenvalue weighted by Crippen LogP contribution is -2.59. The minimum Gasteiger partial charge on any atom is -0.459 e. The van der Waals surface area contributed by atoms with Crippen molar-refractivity contribution in [2.45, 2.75) is 135 Å². The minimum absolute atomic E-state index is 0.00629. The molecule has 58 heavy (non-hydrogen) atoms. The number of benzene rings is 2. The molecule has 0 aliphatic carbocycles. The molecular formula is C46H64N2O10. The van der Waals surface area contributed by atoms with Crippen molar-refractivity contribution in [1.82, 2.24) is 4.90 Å². The topological polar surface area (TPSA) is 153 Å². The van der Waals surface area contributed by atoms with Crippen molar-refractivity contribution in [3.05, 3.63) is 65.7 Å². The summed E-state index contributed by atoms with van der Waals surface area (Å²) in [6.45, 7) is 13.6. The predicted octanol–water partition coefficient (Wildman–Crippen LogP) is 6.05. The Balaban J connectivity index is 1.68. The van der Waals surface area contributed by atoms with E-state index in [0.29, 0.717) is 12.1 Å². The van der Waals surface area contributed by atoms with Crippen molar-refractivity contribution in [2.75, 3.05) is 27.3 Å². The standard InChI is InChI=1S/C46H64N2O10/c1-11-38-46(8,53)39-23-36(47-31(6)49)27(2)24-45(7,55-26-33(25-54-39)22-32-17-19-35(20-18-32)34-15-13-12-14-16-34)42(29(4)40(50)30(5)43(52)57-38)58-44-41(51)37(48(9)10)21-28(3)56-44/h12-20,22,27-30,37-39,41-42,44,51,53H,11,21,23-26H2,1-10H3/b33-22+,47-36?/t27-,28-,29+,30-,37+,38+,39+,41-,42-,44+,45-,46-/m1/s1. The third-order valence-corrected chi connectivity index (χ3v) is 12.2. The number of carbonyl (C=O) groups is 3. The van der Waals surface area contributed by atoms with E-state index in [-0.39, 0.29) is 44.6 Å². The maximum absolute atomic E-state index is 14.5. The largest absolute Gasteiger partial charge is 0.459 e. The Kier molecular flexibility index (Phi) is 15.0. The Labute approximate surface area is 343 Å². The van der Waals surface area contributed by atoms with E-state index in [4.69, 9.17) is 23.7 Å². The van der Waals surface area contributed by atoms with Gasteiger partial charge in [-0.1, -0.05) is 81.4 Å². The molecule has 2 aromatic rings. The fourth-order valence-electron chi connectivity index (χ4n) is 8.71. The third kappa shape index (κ3) is 10.6. The number of aliphatic imine (C=N–C) groups is 1. The Hall–Kier alpha value is -3.62. The normalized spacial score (nSPS) is 37.2. The first-order chi connectivity index (χ1) is 27.3. The second-order valence-corrected chi connectivity index (χ2v) is 17.2. The van der Waals surface area contributed by atoms with Gasteiger partial charge in [0, 0.05) is 31.0 Å². The third-order valence-electron chi connectivity index (χ3n) is 12.2. The summed E-state index contributed by atoms with van der Waals surface area (Å²) in [5.74, 6) is -4.33. The highest BCUT2D eigenvalue weighted by Crippen LogP contribution is 2.39. The average Bonchev–Trinajstić information content (AvgIpc) is 3.20. The van der Waals surface area contributed by atoms with Crippen LogP contribution in [0.25, 0.3) is 17.2 Å². The smallest absolute Gasteiger partial charge is 0.316 e. The zero-order valence-electron chi connectivity index (χ0n) is 35.8. The van der Waals surface area contributed by atoms with Crippen LogP contribution in [0.3, 0.4) is 0 Å². The maximum Gasteiger partial charge on any atom is 0.316 e. The van der Waals surface area contributed by atoms with Gasteiger partial charge in [-0.15, -0.1) is 0 Å². The van der Waals surface area contributed by atoms with Crippen LogP contribution in [0.4, 0.5) is 0 Å². The highest BCUT2D eigenvalue weighted by molar-refractivity contribution is 6.00. The first-order valence-electron chi connectivity index (χ1n) is 20.6. The van der Waals surface area contributed by atoms with Crippen molar-refractivity contribution in [3.63, 3.8) is 0 Å². The molecule has 0 saturated carbocycles. The lowest BCUT2D eigenvalue weighted by atomic mass is 9.76. The van der Waals surface area contributed by atoms with Gasteiger partial charge in [0.25, 0.3) is 0 Å². The quantitative estimate of drug-likeness (QED) is 0.259. The Morgan fingerprint density at radius 1 is 1.00 bits per heavy atom. The van der Waals surface area contributed by atoms with Crippen molar-refractivity contribution in [1.29, 1.82) is 0 Å². The number of nitrogens with zero attached hydrogens (tertiary/aromatic N) is 2. The van der Waals surface area contributed by atoms with Gasteiger partial charge in [0.1, 0.15) is 23.7 Å². The Morgan fingerprint density at radius 2 is 1.66 bits per heavy atom. The van der Waals surface area contributed by atoms with Crippen LogP contribution < -0.4 is 0 Å². The minimum atomic E-state index is -1.76. The summed E-state index contributed by atoms with van der Waals surface area (Å²) in [7, 11) is 3.77. The number of Topliss-reactive ketones (excluding diaryl/α,β-unsaturated/α-hetero) is 1. The van der Waals surface area contributed by atoms with Crippen LogP contribution in [0, 0.1) is 17.8 Å². The maximum atomic E-state index is 14.5. The number of ether oxygens (including phenoxy) is 5. The Morgan fingerprint density at radius 3 is 2.28 bits per heavy atom. The first-order valence-corrected chi connectivity index (χ1v) is 20.6. The van der Waals surface area contributed by atoms with Crippen LogP contribution in [-0.2, 0) is 38.1 Å². The average molecular weight is 805 g/mol. The second-order valence-electron chi connectivity index (χ2n) is 17.2. The van der Waals surface area contributed by atoms with Gasteiger partial charge in [0.05, 0.1) is 37.1 Å². The monoisotopic (exact) mass is 804 g/mol. The number of aliphatic hydroxyl groups excluding tert-OH is 1. The fraction of sp³-hybridized carbons (Fsp3) is 0.609. The molecule has 0 aromatic heterocycles. The highest BCUT2D eigenvalue weighted by Gasteiger charge is 2.51. The van der Waals surface area contributed by atoms with Gasteiger partial charge < -0.3 is 38.8 Å². The van der Waals surface area contributed by atoms with Gasteiger partial charge in [0.15, 0.2) is 12.1 Å². The van der Waals surface area contributed by atoms with Crippen LogP contribution in [-0.4, -0.2) is 120 Å². The molecule has 3 aliphatic heterocycles. The summed E-state index contributed by atoms with van der Waals surface area (Å²) in [6, 6.07) is 17.9. The number of amides is 1. The van der Waals surface area contributed by atoms with Crippen LogP contribution in [0.2, 0.25) is 0 Å². The van der Waals surface area contributed by atoms with E-state index >= 15 is 0 Å². The van der Waals surface area contributed by atoms with Crippen molar-refractivity contribution in [2.24, 2.45) is 22.7 Å². The van der Waals surface area contributed by atoms with Crippen molar-refractivity contribution >= 4 is 29.4 Å². The van der Waals surface area contributed by atoms with Crippen LogP contribution in [0.1, 0.15) is 86.6 Å². The number of ketones is 1. The number of aliphatic hydroxyl groups is 2. The molecule has 12 atom stereocenters. The number of fused-ring (bicyclic) bond motifs is 5. The zero-order valence-corrected chi connectivity index (χ0v) is 35.8. The molecule has 0 spiro atoms. The number of rotatable bonds is 6. The van der Waals surface area contributed by atoms with E-state index in [1.54, 1.807) is 20.8 Å². The van der Waals surface area contributed by atoms with E-state index in [9.17, 15) is 24.6 Å². The molecule has 3 heterocycles. The molecule has 2 bridgehead atoms. The molecule has 0 unspecified atom stereocenters. The van der Waals surface area contributed by atoms with Gasteiger partial charge in [-0.3, -0.25) is 14.4 Å². The summed E-state index contributed by atoms with van der Waals surface area (Å²) in [4.78, 5) is 47.4. The van der Waals surface area contributed by atoms with Gasteiger partial charge in [-0.2, -0.15) is 0 Å². The number of hydrogen-bond acceptors (Lipinski definition) is 11. The summed E-state index contributed by atoms with van der Waals surface area (Å²) in [5, 5.41) is 24.0. The second kappa shape index (κ2) is 19.2. The molecule has 0 radical (unpaired) electrons. The molecule has 12 nitrogen and oxygen atoms in total. The number of cyclic esters (lactones) is 1. The molecule has 3 aliphatic rings. The van der Waals surface area contributed by atoms with Gasteiger partial charge in [-0.05, 0) is 89.2 Å². The van der Waals surface area contributed by atoms with Crippen LogP contribution in [0.5, 0.6) is 0 Å². The number of hydrogen-bond donors (Lipinski definition) is 2. The van der Waals surface area contributed by atoms with Crippen LogP contribution in [0.15, 0.2) is 65.2 Å². The summed E-state index contributed by atoms with van der Waals surface area (Å²) < 4.78 is 32.7. The molecule has 1 amide bonds. The Bertz CT molecular complexity index is 1790. The molecular weight excluding hydrogens is 741 g/mol. The number of likely N-dealkylation sites (N-methyl/N-ethyl adjacent to an activating group) is 1. The van der Waals surface area contributed by atoms with Crippen LogP contribution >= 0.6 is 0 Å². The van der Waals surface area contributed by atoms with Gasteiger partial charge >= 0.3 is 5.97 Å². The first kappa shape index (κ1) is 45.5. The van der Waals surface area contributed by atoms with E-state index < -0.39 is 77.3 Å². The highest BCUT2D eigenvalue weighted by atomic mass is 16.7. The molecule has 3 saturated heterocycles. The summed E-state index contributed by atoms with van der Waals surface area (Å²) in [6.07, 6.45) is -2.60. The molecule has 12 heteroatoms. The fourth-order valence-corrected chi connectivity index (χ4v) is 8.71. The summed E-state index contributed by atoms with van der Waals surface area (Å²) in [5.41, 5.74) is 1.15. The number of carbonyl (C=O) groups excluding carboxylic acids is 3.